The van der Waals surface area contributed by atoms with Gasteiger partial charge < -0.3 is 25.1 Å². The summed E-state index contributed by atoms with van der Waals surface area (Å²) in [6.45, 7) is 4.18. The van der Waals surface area contributed by atoms with E-state index in [1.165, 1.54) is 5.32 Å². The molecule has 0 heterocycles. The van der Waals surface area contributed by atoms with Gasteiger partial charge in [-0.3, -0.25) is 0 Å². The lowest BCUT2D eigenvalue weighted by Crippen LogP contribution is -2.89. The van der Waals surface area contributed by atoms with E-state index >= 15 is 0 Å². The maximum absolute atomic E-state index is 9.99. The van der Waals surface area contributed by atoms with Gasteiger partial charge in [-0.25, -0.2) is 0 Å². The quantitative estimate of drug-likeness (QED) is 0.451. The first-order valence-electron chi connectivity index (χ1n) is 4.33. The van der Waals surface area contributed by atoms with Crippen LogP contribution < -0.4 is 10.4 Å². The van der Waals surface area contributed by atoms with E-state index in [0.717, 1.165) is 0 Å². The SMILES string of the molecule is CC(C)OCC(O)C[NH2+]CC(=O)[O-]. The number of aliphatic carboxylic acids is 1. The van der Waals surface area contributed by atoms with Crippen LogP contribution in [0.4, 0.5) is 0 Å². The highest BCUT2D eigenvalue weighted by Crippen LogP contribution is 1.89. The Kier molecular flexibility index (Phi) is 6.48. The minimum atomic E-state index is -1.13. The lowest BCUT2D eigenvalue weighted by molar-refractivity contribution is -0.656. The van der Waals surface area contributed by atoms with E-state index in [-0.39, 0.29) is 19.3 Å². The molecule has 0 aromatic heterocycles. The van der Waals surface area contributed by atoms with Crippen molar-refractivity contribution in [1.82, 2.24) is 0 Å². The van der Waals surface area contributed by atoms with Crippen molar-refractivity contribution >= 4 is 5.97 Å². The summed E-state index contributed by atoms with van der Waals surface area (Å²) in [5.74, 6) is -1.13. The van der Waals surface area contributed by atoms with Crippen molar-refractivity contribution in [2.45, 2.75) is 26.1 Å². The highest BCUT2D eigenvalue weighted by Gasteiger charge is 2.06. The summed E-state index contributed by atoms with van der Waals surface area (Å²) in [6.07, 6.45) is -0.544. The third-order valence-electron chi connectivity index (χ3n) is 1.37. The number of nitrogens with two attached hydrogens (primary N) is 1. The zero-order valence-electron chi connectivity index (χ0n) is 8.03. The molecule has 0 saturated carbocycles. The molecule has 0 spiro atoms. The Morgan fingerprint density at radius 3 is 2.69 bits per heavy atom. The molecule has 3 N–H and O–H groups in total. The van der Waals surface area contributed by atoms with Gasteiger partial charge in [-0.1, -0.05) is 0 Å². The number of rotatable bonds is 7. The molecule has 0 aromatic rings. The zero-order valence-corrected chi connectivity index (χ0v) is 8.03. The van der Waals surface area contributed by atoms with Gasteiger partial charge in [0.25, 0.3) is 0 Å². The number of carbonyl (C=O) groups is 1. The highest BCUT2D eigenvalue weighted by molar-refractivity contribution is 5.64. The van der Waals surface area contributed by atoms with Crippen LogP contribution in [0.3, 0.4) is 0 Å². The van der Waals surface area contributed by atoms with Crippen LogP contribution in [-0.4, -0.2) is 43.0 Å². The van der Waals surface area contributed by atoms with Gasteiger partial charge >= 0.3 is 0 Å². The molecule has 1 unspecified atom stereocenters. The lowest BCUT2D eigenvalue weighted by atomic mass is 10.3. The fraction of sp³-hybridized carbons (Fsp3) is 0.875. The van der Waals surface area contributed by atoms with Gasteiger partial charge in [-0.05, 0) is 13.8 Å². The van der Waals surface area contributed by atoms with Gasteiger partial charge in [0.15, 0.2) is 0 Å². The van der Waals surface area contributed by atoms with Gasteiger partial charge in [0.2, 0.25) is 0 Å². The molecule has 78 valence electrons. The number of hydrogen-bond donors (Lipinski definition) is 2. The van der Waals surface area contributed by atoms with Gasteiger partial charge in [-0.15, -0.1) is 0 Å². The van der Waals surface area contributed by atoms with Crippen molar-refractivity contribution in [3.8, 4) is 0 Å². The normalized spacial score (nSPS) is 13.2. The maximum atomic E-state index is 9.99. The molecular weight excluding hydrogens is 174 g/mol. The first-order chi connectivity index (χ1) is 6.02. The van der Waals surface area contributed by atoms with Crippen molar-refractivity contribution in [1.29, 1.82) is 0 Å². The minimum absolute atomic E-state index is 0.0794. The van der Waals surface area contributed by atoms with Crippen LogP contribution in [0.1, 0.15) is 13.8 Å². The van der Waals surface area contributed by atoms with Crippen molar-refractivity contribution in [3.63, 3.8) is 0 Å². The Balaban J connectivity index is 3.29. The molecular formula is C8H17NO4. The molecule has 0 fully saturated rings. The number of hydrogen-bond acceptors (Lipinski definition) is 4. The predicted octanol–water partition coefficient (Wildman–Crippen LogP) is -2.91. The second-order valence-corrected chi connectivity index (χ2v) is 3.14. The molecule has 0 aromatic carbocycles. The van der Waals surface area contributed by atoms with Gasteiger partial charge in [0.05, 0.1) is 18.7 Å². The van der Waals surface area contributed by atoms with Crippen molar-refractivity contribution in [2.24, 2.45) is 0 Å². The Morgan fingerprint density at radius 2 is 2.23 bits per heavy atom. The second-order valence-electron chi connectivity index (χ2n) is 3.14. The average molecular weight is 191 g/mol. The summed E-state index contributed by atoms with van der Waals surface area (Å²) < 4.78 is 5.13. The second kappa shape index (κ2) is 6.82. The fourth-order valence-corrected chi connectivity index (χ4v) is 0.765. The van der Waals surface area contributed by atoms with E-state index in [1.807, 2.05) is 13.8 Å². The molecule has 0 aliphatic heterocycles. The lowest BCUT2D eigenvalue weighted by Gasteiger charge is -2.12. The number of quaternary nitrogens is 1. The Bertz CT molecular complexity index is 149. The highest BCUT2D eigenvalue weighted by atomic mass is 16.5. The van der Waals surface area contributed by atoms with E-state index in [4.69, 9.17) is 4.74 Å². The summed E-state index contributed by atoms with van der Waals surface area (Å²) in [5.41, 5.74) is 0. The van der Waals surface area contributed by atoms with Crippen LogP contribution in [0.15, 0.2) is 0 Å². The van der Waals surface area contributed by atoms with E-state index < -0.39 is 12.1 Å². The third-order valence-corrected chi connectivity index (χ3v) is 1.37. The van der Waals surface area contributed by atoms with Crippen LogP contribution in [0, 0.1) is 0 Å². The van der Waals surface area contributed by atoms with Crippen molar-refractivity contribution < 1.29 is 25.1 Å². The molecule has 0 radical (unpaired) electrons. The Morgan fingerprint density at radius 1 is 1.62 bits per heavy atom. The van der Waals surface area contributed by atoms with E-state index in [9.17, 15) is 15.0 Å². The first-order valence-corrected chi connectivity index (χ1v) is 4.33. The molecule has 13 heavy (non-hydrogen) atoms. The standard InChI is InChI=1S/C8H17NO4/c1-6(2)13-5-7(10)3-9-4-8(11)12/h6-7,9-10H,3-5H2,1-2H3,(H,11,12). The van der Waals surface area contributed by atoms with E-state index in [1.54, 1.807) is 0 Å². The van der Waals surface area contributed by atoms with E-state index in [0.29, 0.717) is 6.54 Å². The summed E-state index contributed by atoms with van der Waals surface area (Å²) >= 11 is 0. The topological polar surface area (TPSA) is 86.2 Å². The smallest absolute Gasteiger partial charge is 0.126 e. The third kappa shape index (κ3) is 9.26. The van der Waals surface area contributed by atoms with Gasteiger partial charge in [0.1, 0.15) is 19.2 Å². The summed E-state index contributed by atoms with van der Waals surface area (Å²) in [6, 6.07) is 0. The number of carboxylic acid groups (broad SMARTS) is 1. The summed E-state index contributed by atoms with van der Waals surface area (Å²) in [4.78, 5) is 9.99. The number of ether oxygens (including phenoxy) is 1. The van der Waals surface area contributed by atoms with Crippen molar-refractivity contribution in [2.75, 3.05) is 19.7 Å². The molecule has 0 aliphatic rings. The zero-order chi connectivity index (χ0) is 10.3. The largest absolute Gasteiger partial charge is 0.544 e. The predicted molar refractivity (Wildman–Crippen MR) is 43.8 cm³/mol. The monoisotopic (exact) mass is 191 g/mol. The van der Waals surface area contributed by atoms with Crippen LogP contribution >= 0.6 is 0 Å². The van der Waals surface area contributed by atoms with Crippen LogP contribution in [0.25, 0.3) is 0 Å². The van der Waals surface area contributed by atoms with E-state index in [2.05, 4.69) is 0 Å². The van der Waals surface area contributed by atoms with Gasteiger partial charge in [-0.2, -0.15) is 0 Å². The number of carbonyl (C=O) groups excluding carboxylic acids is 1. The molecule has 0 saturated heterocycles. The van der Waals surface area contributed by atoms with Gasteiger partial charge in [0, 0.05) is 0 Å². The molecule has 1 atom stereocenters. The Labute approximate surface area is 77.7 Å². The van der Waals surface area contributed by atoms with Crippen LogP contribution in [0.5, 0.6) is 0 Å². The molecule has 5 heteroatoms. The summed E-state index contributed by atoms with van der Waals surface area (Å²) in [5, 5.41) is 20.7. The molecule has 0 bridgehead atoms. The maximum Gasteiger partial charge on any atom is 0.126 e. The first kappa shape index (κ1) is 12.3. The fourth-order valence-electron chi connectivity index (χ4n) is 0.765. The van der Waals surface area contributed by atoms with Crippen LogP contribution in [-0.2, 0) is 9.53 Å². The number of carboxylic acids is 1. The number of aliphatic hydroxyl groups is 1. The Hall–Kier alpha value is -0.650. The molecule has 0 rings (SSSR count). The molecule has 0 amide bonds. The van der Waals surface area contributed by atoms with Crippen LogP contribution in [0.2, 0.25) is 0 Å². The van der Waals surface area contributed by atoms with Crippen molar-refractivity contribution in [3.05, 3.63) is 0 Å². The number of aliphatic hydroxyl groups excluding tert-OH is 1. The minimum Gasteiger partial charge on any atom is -0.544 e. The average Bonchev–Trinajstić information content (AvgIpc) is 2.00. The molecule has 0 aliphatic carbocycles. The summed E-state index contributed by atoms with van der Waals surface area (Å²) in [7, 11) is 0. The molecule has 5 nitrogen and oxygen atoms in total.